The zero-order valence-corrected chi connectivity index (χ0v) is 36.6. The number of amides is 2. The number of carbonyl (C=O) groups excluding carboxylic acids is 3. The van der Waals surface area contributed by atoms with Gasteiger partial charge in [0.15, 0.2) is 0 Å². The van der Waals surface area contributed by atoms with Gasteiger partial charge in [-0.15, -0.1) is 0 Å². The molecule has 2 aliphatic heterocycles. The summed E-state index contributed by atoms with van der Waals surface area (Å²) in [5.41, 5.74) is 13.3. The van der Waals surface area contributed by atoms with Crippen LogP contribution < -0.4 is 26.2 Å². The van der Waals surface area contributed by atoms with Gasteiger partial charge in [-0.25, -0.2) is 19.0 Å². The van der Waals surface area contributed by atoms with Crippen molar-refractivity contribution in [2.75, 3.05) is 35.7 Å². The third kappa shape index (κ3) is 9.96. The number of rotatable bonds is 13. The van der Waals surface area contributed by atoms with Gasteiger partial charge in [0.25, 0.3) is 17.5 Å². The number of nitrogens with two attached hydrogens (primary N) is 1. The highest BCUT2D eigenvalue weighted by molar-refractivity contribution is 6.01. The number of methoxy groups -OCH3 is 1. The molecule has 0 spiro atoms. The van der Waals surface area contributed by atoms with Crippen LogP contribution in [0.4, 0.5) is 23.0 Å². The Hall–Kier alpha value is -8.02. The van der Waals surface area contributed by atoms with Crippen molar-refractivity contribution in [1.82, 2.24) is 30.2 Å². The minimum Gasteiger partial charge on any atom is -0.478 e. The third-order valence-corrected chi connectivity index (χ3v) is 11.5. The van der Waals surface area contributed by atoms with Gasteiger partial charge >= 0.3 is 11.9 Å². The van der Waals surface area contributed by atoms with Crippen LogP contribution in [0.1, 0.15) is 101 Å². The van der Waals surface area contributed by atoms with Crippen molar-refractivity contribution in [3.63, 3.8) is 0 Å². The Bertz CT molecular complexity index is 2730. The summed E-state index contributed by atoms with van der Waals surface area (Å²) in [7, 11) is 1.33. The number of esters is 1. The van der Waals surface area contributed by atoms with E-state index in [-0.39, 0.29) is 35.1 Å². The highest BCUT2D eigenvalue weighted by Crippen LogP contribution is 2.32. The number of anilines is 3. The van der Waals surface area contributed by atoms with Gasteiger partial charge in [0, 0.05) is 44.0 Å². The number of ether oxygens (including phenoxy) is 1. The number of fused-ring (bicyclic) bond motifs is 2. The average molecular weight is 883 g/mol. The molecule has 0 aliphatic carbocycles. The van der Waals surface area contributed by atoms with Crippen LogP contribution in [0.25, 0.3) is 0 Å². The summed E-state index contributed by atoms with van der Waals surface area (Å²) in [6.07, 6.45) is 0. The van der Waals surface area contributed by atoms with Gasteiger partial charge < -0.3 is 36.0 Å². The van der Waals surface area contributed by atoms with Gasteiger partial charge in [0.05, 0.1) is 59.7 Å². The van der Waals surface area contributed by atoms with Gasteiger partial charge in [0.2, 0.25) is 0 Å². The standard InChI is InChI=1S/C24H25N5O5.C23H25N5O3/c1-15(18-6-8-19(9-7-18)24(31)34-3)25-22(30)21-16(2)26-28-13-12-27(23(21)28)14-17-4-10-20(11-5-17)29(32)33;1-14(17-5-7-18(8-6-17)23(30)31)25-21(29)20-15(2)26-28-12-11-27(22(20)28)13-16-3-9-19(24)10-4-16/h4-11,15H,12-14H2,1-3H3,(H,25,30);3-10,14H,11-13,24H2,1-2H3,(H,25,29)(H,30,31)/t15-;14-/m00/s1. The molecule has 4 heterocycles. The third-order valence-electron chi connectivity index (χ3n) is 11.5. The van der Waals surface area contributed by atoms with E-state index in [4.69, 9.17) is 15.6 Å². The number of nitro benzene ring substituents is 1. The minimum absolute atomic E-state index is 0.0414. The quantitative estimate of drug-likeness (QED) is 0.0427. The maximum absolute atomic E-state index is 13.3. The molecule has 18 heteroatoms. The number of hydrogen-bond acceptors (Lipinski definition) is 12. The maximum atomic E-state index is 13.3. The number of carbonyl (C=O) groups is 4. The zero-order chi connectivity index (χ0) is 46.5. The fourth-order valence-electron chi connectivity index (χ4n) is 8.01. The molecule has 18 nitrogen and oxygen atoms in total. The molecule has 0 bridgehead atoms. The lowest BCUT2D eigenvalue weighted by Gasteiger charge is -2.20. The molecule has 0 unspecified atom stereocenters. The van der Waals surface area contributed by atoms with Crippen LogP contribution in [0.15, 0.2) is 97.1 Å². The van der Waals surface area contributed by atoms with Crippen molar-refractivity contribution in [3.05, 3.63) is 163 Å². The molecule has 2 aliphatic rings. The molecular weight excluding hydrogens is 833 g/mol. The highest BCUT2D eigenvalue weighted by Gasteiger charge is 2.32. The van der Waals surface area contributed by atoms with Crippen LogP contribution in [0, 0.1) is 24.0 Å². The van der Waals surface area contributed by atoms with E-state index in [1.807, 2.05) is 54.4 Å². The monoisotopic (exact) mass is 882 g/mol. The Morgan fingerprint density at radius 1 is 0.692 bits per heavy atom. The Balaban J connectivity index is 0.000000195. The molecule has 2 atom stereocenters. The van der Waals surface area contributed by atoms with E-state index in [9.17, 15) is 29.3 Å². The topological polar surface area (TPSA) is 233 Å². The van der Waals surface area contributed by atoms with Gasteiger partial charge in [-0.2, -0.15) is 10.2 Å². The summed E-state index contributed by atoms with van der Waals surface area (Å²) in [6.45, 7) is 11.4. The van der Waals surface area contributed by atoms with Gasteiger partial charge in [0.1, 0.15) is 22.8 Å². The van der Waals surface area contributed by atoms with E-state index >= 15 is 0 Å². The Morgan fingerprint density at radius 3 is 1.51 bits per heavy atom. The number of aromatic nitrogens is 4. The number of aryl methyl sites for hydroxylation is 2. The summed E-state index contributed by atoms with van der Waals surface area (Å²) < 4.78 is 8.43. The first-order valence-electron chi connectivity index (χ1n) is 21.0. The molecule has 5 N–H and O–H groups in total. The van der Waals surface area contributed by atoms with E-state index in [2.05, 4.69) is 30.6 Å². The van der Waals surface area contributed by atoms with Crippen LogP contribution in [0.3, 0.4) is 0 Å². The fraction of sp³-hybridized carbons (Fsp3) is 0.277. The van der Waals surface area contributed by atoms with Gasteiger partial charge in [-0.1, -0.05) is 48.5 Å². The Morgan fingerprint density at radius 2 is 1.11 bits per heavy atom. The van der Waals surface area contributed by atoms with Gasteiger partial charge in [-0.05, 0) is 86.3 Å². The number of nitrogens with one attached hydrogen (secondary N) is 2. The largest absolute Gasteiger partial charge is 0.478 e. The molecule has 8 rings (SSSR count). The average Bonchev–Trinajstić information content (AvgIpc) is 4.05. The SMILES string of the molecule is COC(=O)c1ccc([C@H](C)NC(=O)c2c(C)nn3c2N(Cc2ccc([N+](=O)[O-])cc2)CC3)cc1.Cc1nn2c(c1C(=O)N[C@@H](C)c1ccc(C(=O)O)cc1)N(Cc1ccc(N)cc1)CC2. The second-order valence-corrected chi connectivity index (χ2v) is 16.0. The van der Waals surface area contributed by atoms with Crippen LogP contribution >= 0.6 is 0 Å². The Kier molecular flexibility index (Phi) is 13.3. The second-order valence-electron chi connectivity index (χ2n) is 16.0. The summed E-state index contributed by atoms with van der Waals surface area (Å²) in [5, 5.41) is 35.1. The fourth-order valence-corrected chi connectivity index (χ4v) is 8.01. The molecule has 0 saturated heterocycles. The lowest BCUT2D eigenvalue weighted by atomic mass is 10.1. The molecule has 65 heavy (non-hydrogen) atoms. The van der Waals surface area contributed by atoms with E-state index < -0.39 is 16.9 Å². The first kappa shape index (κ1) is 45.0. The predicted octanol–water partition coefficient (Wildman–Crippen LogP) is 6.38. The highest BCUT2D eigenvalue weighted by atomic mass is 16.6. The van der Waals surface area contributed by atoms with Crippen LogP contribution in [0.2, 0.25) is 0 Å². The number of carboxylic acid groups (broad SMARTS) is 1. The van der Waals surface area contributed by atoms with Crippen molar-refractivity contribution < 1.29 is 33.9 Å². The van der Waals surface area contributed by atoms with E-state index in [0.717, 1.165) is 52.7 Å². The van der Waals surface area contributed by atoms with Gasteiger partial charge in [-0.3, -0.25) is 19.7 Å². The number of benzene rings is 4. The first-order chi connectivity index (χ1) is 31.1. The maximum Gasteiger partial charge on any atom is 0.337 e. The molecule has 0 saturated carbocycles. The van der Waals surface area contributed by atoms with E-state index in [1.54, 1.807) is 55.5 Å². The lowest BCUT2D eigenvalue weighted by molar-refractivity contribution is -0.384. The number of non-ortho nitro benzene ring substituents is 1. The van der Waals surface area contributed by atoms with Crippen molar-refractivity contribution in [2.24, 2.45) is 0 Å². The number of nitro groups is 1. The smallest absolute Gasteiger partial charge is 0.337 e. The van der Waals surface area contributed by atoms with Crippen LogP contribution in [-0.4, -0.2) is 73.5 Å². The molecule has 6 aromatic rings. The number of carboxylic acids is 1. The van der Waals surface area contributed by atoms with Crippen LogP contribution in [0.5, 0.6) is 0 Å². The lowest BCUT2D eigenvalue weighted by Crippen LogP contribution is -2.29. The molecule has 2 aromatic heterocycles. The van der Waals surface area contributed by atoms with E-state index in [1.165, 1.54) is 31.4 Å². The normalized spacial score (nSPS) is 13.5. The Labute approximate surface area is 374 Å². The predicted molar refractivity (Wildman–Crippen MR) is 243 cm³/mol. The minimum atomic E-state index is -0.976. The summed E-state index contributed by atoms with van der Waals surface area (Å²) in [6, 6.07) is 27.0. The van der Waals surface area contributed by atoms with E-state index in [0.29, 0.717) is 54.3 Å². The number of hydrogen-bond donors (Lipinski definition) is 4. The molecule has 336 valence electrons. The van der Waals surface area contributed by atoms with Crippen molar-refractivity contribution in [3.8, 4) is 0 Å². The number of nitrogen functional groups attached to an aromatic ring is 1. The summed E-state index contributed by atoms with van der Waals surface area (Å²) in [4.78, 5) is 63.9. The van der Waals surface area contributed by atoms with Crippen molar-refractivity contribution in [1.29, 1.82) is 0 Å². The molecule has 0 radical (unpaired) electrons. The first-order valence-corrected chi connectivity index (χ1v) is 21.0. The summed E-state index contributed by atoms with van der Waals surface area (Å²) >= 11 is 0. The molecular formula is C47H50N10O8. The van der Waals surface area contributed by atoms with Crippen molar-refractivity contribution >= 4 is 46.8 Å². The second kappa shape index (κ2) is 19.2. The number of nitrogens with zero attached hydrogens (tertiary/aromatic N) is 7. The molecule has 2 amide bonds. The van der Waals surface area contributed by atoms with Crippen LogP contribution in [-0.2, 0) is 30.9 Å². The van der Waals surface area contributed by atoms with Crippen molar-refractivity contribution in [2.45, 2.75) is 66.0 Å². The summed E-state index contributed by atoms with van der Waals surface area (Å²) in [5.74, 6) is -0.267. The molecule has 4 aromatic carbocycles. The molecule has 0 fully saturated rings. The zero-order valence-electron chi connectivity index (χ0n) is 36.6. The number of aromatic carboxylic acids is 1.